The molecule has 1 heterocycles. The van der Waals surface area contributed by atoms with E-state index in [1.54, 1.807) is 6.07 Å². The first-order valence-electron chi connectivity index (χ1n) is 5.80. The minimum absolute atomic E-state index is 0.0281. The number of rotatable bonds is 5. The van der Waals surface area contributed by atoms with E-state index in [9.17, 15) is 4.79 Å². The number of benzene rings is 1. The van der Waals surface area contributed by atoms with Crippen molar-refractivity contribution in [1.82, 2.24) is 9.97 Å². The number of methoxy groups -OCH3 is 2. The third kappa shape index (κ3) is 3.32. The van der Waals surface area contributed by atoms with Crippen LogP contribution in [0.3, 0.4) is 0 Å². The SMILES string of the molecule is COc1ccnc(Nc2cc(OC)c(C(=O)O)cc2Cl)n1. The highest BCUT2D eigenvalue weighted by Gasteiger charge is 2.15. The van der Waals surface area contributed by atoms with E-state index in [2.05, 4.69) is 15.3 Å². The van der Waals surface area contributed by atoms with Crippen LogP contribution in [0.1, 0.15) is 10.4 Å². The van der Waals surface area contributed by atoms with Gasteiger partial charge in [0.05, 0.1) is 24.9 Å². The minimum Gasteiger partial charge on any atom is -0.496 e. The number of carboxylic acids is 1. The Morgan fingerprint density at radius 2 is 2.10 bits per heavy atom. The normalized spacial score (nSPS) is 10.0. The summed E-state index contributed by atoms with van der Waals surface area (Å²) in [6.45, 7) is 0. The van der Waals surface area contributed by atoms with Gasteiger partial charge < -0.3 is 19.9 Å². The molecule has 0 amide bonds. The van der Waals surface area contributed by atoms with Crippen molar-refractivity contribution >= 4 is 29.2 Å². The van der Waals surface area contributed by atoms with Gasteiger partial charge in [-0.05, 0) is 6.07 Å². The summed E-state index contributed by atoms with van der Waals surface area (Å²) >= 11 is 6.06. The Bertz CT molecular complexity index is 678. The van der Waals surface area contributed by atoms with Crippen molar-refractivity contribution in [3.8, 4) is 11.6 Å². The van der Waals surface area contributed by atoms with Gasteiger partial charge in [-0.25, -0.2) is 9.78 Å². The number of hydrogen-bond donors (Lipinski definition) is 2. The molecule has 0 aliphatic carbocycles. The molecule has 0 saturated carbocycles. The van der Waals surface area contributed by atoms with Gasteiger partial charge >= 0.3 is 5.97 Å². The van der Waals surface area contributed by atoms with Crippen LogP contribution < -0.4 is 14.8 Å². The maximum Gasteiger partial charge on any atom is 0.339 e. The second-order valence-electron chi connectivity index (χ2n) is 3.89. The molecule has 0 aliphatic rings. The zero-order valence-electron chi connectivity index (χ0n) is 11.3. The Labute approximate surface area is 125 Å². The van der Waals surface area contributed by atoms with Crippen molar-refractivity contribution in [3.05, 3.63) is 35.0 Å². The highest BCUT2D eigenvalue weighted by atomic mass is 35.5. The largest absolute Gasteiger partial charge is 0.496 e. The topological polar surface area (TPSA) is 93.6 Å². The van der Waals surface area contributed by atoms with E-state index in [1.165, 1.54) is 32.5 Å². The summed E-state index contributed by atoms with van der Waals surface area (Å²) in [6, 6.07) is 4.36. The smallest absolute Gasteiger partial charge is 0.339 e. The van der Waals surface area contributed by atoms with Crippen molar-refractivity contribution in [2.45, 2.75) is 0 Å². The zero-order valence-corrected chi connectivity index (χ0v) is 12.0. The Kier molecular flexibility index (Phi) is 4.44. The second kappa shape index (κ2) is 6.27. The number of aromatic nitrogens is 2. The molecule has 0 bridgehead atoms. The van der Waals surface area contributed by atoms with Crippen molar-refractivity contribution < 1.29 is 19.4 Å². The highest BCUT2D eigenvalue weighted by molar-refractivity contribution is 6.33. The molecule has 0 spiro atoms. The standard InChI is InChI=1S/C13H12ClN3O4/c1-20-10-6-9(8(14)5-7(10)12(18)19)16-13-15-4-3-11(17-13)21-2/h3-6H,1-2H3,(H,18,19)(H,15,16,17). The predicted molar refractivity (Wildman–Crippen MR) is 76.8 cm³/mol. The first-order chi connectivity index (χ1) is 10.0. The van der Waals surface area contributed by atoms with Gasteiger partial charge in [0, 0.05) is 18.3 Å². The maximum atomic E-state index is 11.1. The number of carboxylic acid groups (broad SMARTS) is 1. The molecule has 21 heavy (non-hydrogen) atoms. The number of halogens is 1. The summed E-state index contributed by atoms with van der Waals surface area (Å²) < 4.78 is 10.0. The first kappa shape index (κ1) is 14.9. The van der Waals surface area contributed by atoms with Gasteiger partial charge in [0.1, 0.15) is 11.3 Å². The van der Waals surface area contributed by atoms with E-state index < -0.39 is 5.97 Å². The van der Waals surface area contributed by atoms with Crippen LogP contribution in [0, 0.1) is 0 Å². The summed E-state index contributed by atoms with van der Waals surface area (Å²) in [6.07, 6.45) is 1.52. The molecular formula is C13H12ClN3O4. The Balaban J connectivity index is 2.37. The average Bonchev–Trinajstić information content (AvgIpc) is 2.49. The van der Waals surface area contributed by atoms with Gasteiger partial charge in [0.2, 0.25) is 11.8 Å². The molecule has 0 unspecified atom stereocenters. The third-order valence-corrected chi connectivity index (χ3v) is 2.92. The number of carbonyl (C=O) groups is 1. The Morgan fingerprint density at radius 3 is 2.71 bits per heavy atom. The molecule has 2 aromatic rings. The number of hydrogen-bond acceptors (Lipinski definition) is 6. The molecule has 0 radical (unpaired) electrons. The van der Waals surface area contributed by atoms with Gasteiger partial charge in [0.25, 0.3) is 0 Å². The van der Waals surface area contributed by atoms with Crippen LogP contribution >= 0.6 is 11.6 Å². The van der Waals surface area contributed by atoms with Gasteiger partial charge in [0.15, 0.2) is 0 Å². The van der Waals surface area contributed by atoms with Crippen molar-refractivity contribution in [2.75, 3.05) is 19.5 Å². The number of nitrogens with one attached hydrogen (secondary N) is 1. The first-order valence-corrected chi connectivity index (χ1v) is 6.18. The lowest BCUT2D eigenvalue weighted by molar-refractivity contribution is 0.0693. The number of anilines is 2. The number of ether oxygens (including phenoxy) is 2. The molecular weight excluding hydrogens is 298 g/mol. The Hall–Kier alpha value is -2.54. The van der Waals surface area contributed by atoms with E-state index in [0.29, 0.717) is 11.6 Å². The van der Waals surface area contributed by atoms with Gasteiger partial charge in [-0.2, -0.15) is 4.98 Å². The summed E-state index contributed by atoms with van der Waals surface area (Å²) in [4.78, 5) is 19.2. The quantitative estimate of drug-likeness (QED) is 0.876. The fraction of sp³-hybridized carbons (Fsp3) is 0.154. The van der Waals surface area contributed by atoms with E-state index in [4.69, 9.17) is 26.2 Å². The minimum atomic E-state index is -1.13. The summed E-state index contributed by atoms with van der Waals surface area (Å²) in [5.41, 5.74) is 0.395. The third-order valence-electron chi connectivity index (χ3n) is 2.61. The molecule has 1 aromatic carbocycles. The predicted octanol–water partition coefficient (Wildman–Crippen LogP) is 2.59. The van der Waals surface area contributed by atoms with Crippen LogP contribution in [0.5, 0.6) is 11.6 Å². The molecule has 8 heteroatoms. The van der Waals surface area contributed by atoms with Gasteiger partial charge in [-0.15, -0.1) is 0 Å². The summed E-state index contributed by atoms with van der Waals surface area (Å²) in [5.74, 6) is -0.297. The molecule has 0 aliphatic heterocycles. The lowest BCUT2D eigenvalue weighted by atomic mass is 10.2. The van der Waals surface area contributed by atoms with Crippen LogP contribution in [0.25, 0.3) is 0 Å². The summed E-state index contributed by atoms with van der Waals surface area (Å²) in [7, 11) is 2.87. The van der Waals surface area contributed by atoms with Crippen LogP contribution in [0.2, 0.25) is 5.02 Å². The molecule has 0 fully saturated rings. The van der Waals surface area contributed by atoms with E-state index in [1.807, 2.05) is 0 Å². The van der Waals surface area contributed by atoms with Crippen molar-refractivity contribution in [1.29, 1.82) is 0 Å². The molecule has 7 nitrogen and oxygen atoms in total. The van der Waals surface area contributed by atoms with E-state index >= 15 is 0 Å². The fourth-order valence-corrected chi connectivity index (χ4v) is 1.83. The van der Waals surface area contributed by atoms with Crippen molar-refractivity contribution in [2.24, 2.45) is 0 Å². The molecule has 0 atom stereocenters. The molecule has 2 rings (SSSR count). The van der Waals surface area contributed by atoms with Crippen LogP contribution in [-0.2, 0) is 0 Å². The Morgan fingerprint density at radius 1 is 1.33 bits per heavy atom. The van der Waals surface area contributed by atoms with Gasteiger partial charge in [-0.3, -0.25) is 0 Å². The summed E-state index contributed by atoms with van der Waals surface area (Å²) in [5, 5.41) is 12.2. The molecule has 110 valence electrons. The molecule has 1 aromatic heterocycles. The number of aromatic carboxylic acids is 1. The lowest BCUT2D eigenvalue weighted by Gasteiger charge is -2.11. The van der Waals surface area contributed by atoms with E-state index in [0.717, 1.165) is 0 Å². The second-order valence-corrected chi connectivity index (χ2v) is 4.29. The number of nitrogens with zero attached hydrogens (tertiary/aromatic N) is 2. The average molecular weight is 310 g/mol. The van der Waals surface area contributed by atoms with Crippen LogP contribution in [0.4, 0.5) is 11.6 Å². The zero-order chi connectivity index (χ0) is 15.4. The lowest BCUT2D eigenvalue weighted by Crippen LogP contribution is -2.03. The van der Waals surface area contributed by atoms with Crippen LogP contribution in [-0.4, -0.2) is 35.3 Å². The van der Waals surface area contributed by atoms with E-state index in [-0.39, 0.29) is 22.3 Å². The fourth-order valence-electron chi connectivity index (χ4n) is 1.62. The highest BCUT2D eigenvalue weighted by Crippen LogP contribution is 2.32. The molecule has 0 saturated heterocycles. The van der Waals surface area contributed by atoms with Gasteiger partial charge in [-0.1, -0.05) is 11.6 Å². The monoisotopic (exact) mass is 309 g/mol. The maximum absolute atomic E-state index is 11.1. The molecule has 2 N–H and O–H groups in total. The van der Waals surface area contributed by atoms with Crippen LogP contribution in [0.15, 0.2) is 24.4 Å². The van der Waals surface area contributed by atoms with Crippen molar-refractivity contribution in [3.63, 3.8) is 0 Å².